The Balaban J connectivity index is 2.28. The summed E-state index contributed by atoms with van der Waals surface area (Å²) < 4.78 is 0. The van der Waals surface area contributed by atoms with Gasteiger partial charge in [-0.25, -0.2) is 0 Å². The molecule has 0 amide bonds. The number of anilines is 1. The highest BCUT2D eigenvalue weighted by Crippen LogP contribution is 2.16. The van der Waals surface area contributed by atoms with Crippen molar-refractivity contribution in [2.45, 2.75) is 0 Å². The van der Waals surface area contributed by atoms with Crippen molar-refractivity contribution in [3.63, 3.8) is 0 Å². The second kappa shape index (κ2) is 4.93. The Labute approximate surface area is 103 Å². The summed E-state index contributed by atoms with van der Waals surface area (Å²) >= 11 is 0. The van der Waals surface area contributed by atoms with Crippen LogP contribution >= 0.6 is 0 Å². The maximum atomic E-state index is 8.69. The molecule has 1 heterocycles. The molecule has 0 bridgehead atoms. The third-order valence-corrected chi connectivity index (χ3v) is 2.26. The van der Waals surface area contributed by atoms with Gasteiger partial charge in [0, 0.05) is 11.6 Å². The van der Waals surface area contributed by atoms with Crippen molar-refractivity contribution in [2.24, 2.45) is 10.8 Å². The third kappa shape index (κ3) is 2.41. The largest absolute Gasteiger partial charge is 0.382 e. The summed E-state index contributed by atoms with van der Waals surface area (Å²) in [5.74, 6) is -0.368. The van der Waals surface area contributed by atoms with Crippen molar-refractivity contribution >= 4 is 28.1 Å². The van der Waals surface area contributed by atoms with E-state index in [0.29, 0.717) is 5.69 Å². The lowest BCUT2D eigenvalue weighted by atomic mass is 10.2. The second-order valence-corrected chi connectivity index (χ2v) is 3.51. The van der Waals surface area contributed by atoms with Crippen LogP contribution in [0.5, 0.6) is 0 Å². The molecule has 0 aliphatic rings. The van der Waals surface area contributed by atoms with Crippen molar-refractivity contribution < 1.29 is 0 Å². The van der Waals surface area contributed by atoms with Crippen molar-refractivity contribution in [1.29, 1.82) is 10.7 Å². The number of hydrogen-bond donors (Lipinski definition) is 3. The normalized spacial score (nSPS) is 10.9. The highest BCUT2D eigenvalue weighted by atomic mass is 15.3. The zero-order valence-corrected chi connectivity index (χ0v) is 9.38. The highest BCUT2D eigenvalue weighted by Gasteiger charge is 2.01. The van der Waals surface area contributed by atoms with Crippen LogP contribution < -0.4 is 11.2 Å². The number of amidine groups is 1. The molecule has 1 aromatic heterocycles. The lowest BCUT2D eigenvalue weighted by molar-refractivity contribution is 1.33. The van der Waals surface area contributed by atoms with Gasteiger partial charge < -0.3 is 5.73 Å². The Morgan fingerprint density at radius 1 is 1.44 bits per heavy atom. The smallest absolute Gasteiger partial charge is 0.201 e. The van der Waals surface area contributed by atoms with Gasteiger partial charge in [0.2, 0.25) is 5.71 Å². The molecule has 1 aromatic carbocycles. The van der Waals surface area contributed by atoms with Crippen LogP contribution in [0.2, 0.25) is 0 Å². The van der Waals surface area contributed by atoms with Crippen LogP contribution in [-0.2, 0) is 0 Å². The lowest BCUT2D eigenvalue weighted by Crippen LogP contribution is -2.21. The van der Waals surface area contributed by atoms with E-state index in [1.54, 1.807) is 18.3 Å². The zero-order chi connectivity index (χ0) is 13.0. The van der Waals surface area contributed by atoms with Crippen LogP contribution in [0.25, 0.3) is 10.9 Å². The first-order valence-corrected chi connectivity index (χ1v) is 5.13. The predicted molar refractivity (Wildman–Crippen MR) is 70.3 cm³/mol. The van der Waals surface area contributed by atoms with Gasteiger partial charge in [0.15, 0.2) is 5.84 Å². The van der Waals surface area contributed by atoms with Crippen molar-refractivity contribution in [1.82, 2.24) is 4.98 Å². The minimum atomic E-state index is -0.368. The molecule has 0 spiro atoms. The summed E-state index contributed by atoms with van der Waals surface area (Å²) in [4.78, 5) is 4.19. The molecule has 0 atom stereocenters. The van der Waals surface area contributed by atoms with Gasteiger partial charge in [0.05, 0.1) is 11.2 Å². The summed E-state index contributed by atoms with van der Waals surface area (Å²) in [5, 5.41) is 20.5. The molecule has 0 saturated heterocycles. The predicted octanol–water partition coefficient (Wildman–Crippen LogP) is 1.46. The zero-order valence-electron chi connectivity index (χ0n) is 9.38. The molecule has 4 N–H and O–H groups in total. The first-order valence-electron chi connectivity index (χ1n) is 5.13. The summed E-state index contributed by atoms with van der Waals surface area (Å²) in [7, 11) is 0. The van der Waals surface area contributed by atoms with Gasteiger partial charge >= 0.3 is 0 Å². The molecule has 0 aliphatic heterocycles. The second-order valence-electron chi connectivity index (χ2n) is 3.51. The number of rotatable bonds is 3. The van der Waals surface area contributed by atoms with Crippen LogP contribution in [0.15, 0.2) is 41.6 Å². The molecule has 2 aromatic rings. The van der Waals surface area contributed by atoms with Crippen LogP contribution in [0.4, 0.5) is 5.69 Å². The van der Waals surface area contributed by atoms with E-state index in [2.05, 4.69) is 15.5 Å². The van der Waals surface area contributed by atoms with Crippen molar-refractivity contribution in [3.05, 3.63) is 36.5 Å². The fourth-order valence-electron chi connectivity index (χ4n) is 1.41. The molecule has 88 valence electrons. The molecule has 18 heavy (non-hydrogen) atoms. The lowest BCUT2D eigenvalue weighted by Gasteiger charge is -2.02. The number of aromatic nitrogens is 1. The van der Waals surface area contributed by atoms with Crippen LogP contribution in [0, 0.1) is 16.7 Å². The third-order valence-electron chi connectivity index (χ3n) is 2.26. The van der Waals surface area contributed by atoms with E-state index >= 15 is 0 Å². The average Bonchev–Trinajstić information content (AvgIpc) is 2.39. The number of benzene rings is 1. The van der Waals surface area contributed by atoms with E-state index in [1.807, 2.05) is 24.3 Å². The number of nitrogens with two attached hydrogens (primary N) is 1. The molecule has 0 radical (unpaired) electrons. The minimum absolute atomic E-state index is 0.152. The Morgan fingerprint density at radius 2 is 2.28 bits per heavy atom. The summed E-state index contributed by atoms with van der Waals surface area (Å²) in [5.41, 5.74) is 9.29. The van der Waals surface area contributed by atoms with Crippen LogP contribution in [0.1, 0.15) is 0 Å². The topological polar surface area (TPSA) is 111 Å². The van der Waals surface area contributed by atoms with Gasteiger partial charge in [0.25, 0.3) is 0 Å². The molecule has 2 rings (SSSR count). The number of hydrazone groups is 1. The Bertz CT molecular complexity index is 668. The first kappa shape index (κ1) is 11.5. The van der Waals surface area contributed by atoms with E-state index in [0.717, 1.165) is 10.9 Å². The number of nitrogens with zero attached hydrogens (tertiary/aromatic N) is 3. The number of nitriles is 1. The molecule has 0 aliphatic carbocycles. The van der Waals surface area contributed by atoms with Gasteiger partial charge in [-0.2, -0.15) is 10.4 Å². The van der Waals surface area contributed by atoms with Gasteiger partial charge in [-0.05, 0) is 24.3 Å². The average molecular weight is 238 g/mol. The maximum absolute atomic E-state index is 8.69. The standard InChI is InChI=1S/C12H10N6/c13-7-11(12(14)15)18-17-9-3-4-10-8(6-9)2-1-5-16-10/h1-6,17H,(H3,14,15)/b18-11+. The van der Waals surface area contributed by atoms with Gasteiger partial charge in [-0.15, -0.1) is 0 Å². The number of nitrogens with one attached hydrogen (secondary N) is 2. The molecule has 6 heteroatoms. The van der Waals surface area contributed by atoms with Crippen molar-refractivity contribution in [2.75, 3.05) is 5.43 Å². The molecule has 0 fully saturated rings. The van der Waals surface area contributed by atoms with Crippen LogP contribution in [-0.4, -0.2) is 16.5 Å². The van der Waals surface area contributed by atoms with Gasteiger partial charge in [-0.3, -0.25) is 15.8 Å². The Morgan fingerprint density at radius 3 is 3.00 bits per heavy atom. The SMILES string of the molecule is N#C/C(=N\Nc1ccc2ncccc2c1)C(=N)N. The summed E-state index contributed by atoms with van der Waals surface area (Å²) in [6.45, 7) is 0. The summed E-state index contributed by atoms with van der Waals surface area (Å²) in [6.07, 6.45) is 1.72. The fraction of sp³-hybridized carbons (Fsp3) is 0. The molecular weight excluding hydrogens is 228 g/mol. The number of pyridine rings is 1. The van der Waals surface area contributed by atoms with Crippen molar-refractivity contribution in [3.8, 4) is 6.07 Å². The molecular formula is C12H10N6. The number of hydrogen-bond acceptors (Lipinski definition) is 5. The van der Waals surface area contributed by atoms with E-state index in [4.69, 9.17) is 16.4 Å². The van der Waals surface area contributed by atoms with E-state index in [1.165, 1.54) is 0 Å². The fourth-order valence-corrected chi connectivity index (χ4v) is 1.41. The van der Waals surface area contributed by atoms with E-state index < -0.39 is 0 Å². The summed E-state index contributed by atoms with van der Waals surface area (Å²) in [6, 6.07) is 11.0. The Kier molecular flexibility index (Phi) is 3.16. The van der Waals surface area contributed by atoms with Gasteiger partial charge in [0.1, 0.15) is 6.07 Å². The van der Waals surface area contributed by atoms with Crippen LogP contribution in [0.3, 0.4) is 0 Å². The Hall–Kier alpha value is -2.94. The number of fused-ring (bicyclic) bond motifs is 1. The highest BCUT2D eigenvalue weighted by molar-refractivity contribution is 6.45. The van der Waals surface area contributed by atoms with E-state index in [9.17, 15) is 0 Å². The maximum Gasteiger partial charge on any atom is 0.201 e. The molecule has 0 unspecified atom stereocenters. The minimum Gasteiger partial charge on any atom is -0.382 e. The van der Waals surface area contributed by atoms with E-state index in [-0.39, 0.29) is 11.5 Å². The van der Waals surface area contributed by atoms with Gasteiger partial charge in [-0.1, -0.05) is 6.07 Å². The molecule has 6 nitrogen and oxygen atoms in total. The quantitative estimate of drug-likeness (QED) is 0.427. The first-order chi connectivity index (χ1) is 8.70. The monoisotopic (exact) mass is 238 g/mol. The molecule has 0 saturated carbocycles.